The monoisotopic (exact) mass is 488 g/mol. The third-order valence-corrected chi connectivity index (χ3v) is 4.48. The molecule has 0 atom stereocenters. The van der Waals surface area contributed by atoms with E-state index in [0.717, 1.165) is 15.0 Å². The van der Waals surface area contributed by atoms with E-state index in [9.17, 15) is 4.79 Å². The molecule has 0 radical (unpaired) electrons. The highest BCUT2D eigenvalue weighted by atomic mass is 127. The minimum atomic E-state index is -0.0907. The Morgan fingerprint density at radius 2 is 1.82 bits per heavy atom. The van der Waals surface area contributed by atoms with Crippen molar-refractivity contribution < 1.29 is 4.79 Å². The van der Waals surface area contributed by atoms with E-state index < -0.39 is 0 Å². The molecule has 0 saturated heterocycles. The van der Waals surface area contributed by atoms with Gasteiger partial charge in [0.05, 0.1) is 0 Å². The van der Waals surface area contributed by atoms with Gasteiger partial charge in [0.1, 0.15) is 23.3 Å². The van der Waals surface area contributed by atoms with Gasteiger partial charge in [0, 0.05) is 34.5 Å². The molecule has 3 rings (SSSR count). The Hall–Kier alpha value is -2.75. The molecule has 0 aliphatic carbocycles. The van der Waals surface area contributed by atoms with E-state index in [4.69, 9.17) is 0 Å². The number of nitrogens with zero attached hydrogens (tertiary/aromatic N) is 3. The Labute approximate surface area is 177 Å². The second kappa shape index (κ2) is 9.45. The molecule has 0 spiro atoms. The predicted octanol–water partition coefficient (Wildman–Crippen LogP) is 3.68. The van der Waals surface area contributed by atoms with Gasteiger partial charge in [0.15, 0.2) is 0 Å². The van der Waals surface area contributed by atoms with Crippen LogP contribution in [0.25, 0.3) is 0 Å². The van der Waals surface area contributed by atoms with Crippen molar-refractivity contribution in [2.75, 3.05) is 23.7 Å². The number of amides is 1. The molecule has 0 aliphatic rings. The molecule has 3 aromatic rings. The van der Waals surface area contributed by atoms with Gasteiger partial charge >= 0.3 is 0 Å². The minimum Gasteiger partial charge on any atom is -0.368 e. The van der Waals surface area contributed by atoms with Crippen LogP contribution in [0.1, 0.15) is 21.7 Å². The van der Waals surface area contributed by atoms with E-state index in [1.807, 2.05) is 50.2 Å². The summed E-state index contributed by atoms with van der Waals surface area (Å²) < 4.78 is 1.03. The van der Waals surface area contributed by atoms with Crippen molar-refractivity contribution in [3.8, 4) is 0 Å². The van der Waals surface area contributed by atoms with E-state index in [2.05, 4.69) is 53.5 Å². The highest BCUT2D eigenvalue weighted by molar-refractivity contribution is 14.1. The quantitative estimate of drug-likeness (QED) is 0.347. The smallest absolute Gasteiger partial charge is 0.251 e. The van der Waals surface area contributed by atoms with Gasteiger partial charge in [-0.2, -0.15) is 0 Å². The summed E-state index contributed by atoms with van der Waals surface area (Å²) in [6.07, 6.45) is 1.75. The maximum atomic E-state index is 12.2. The Balaban J connectivity index is 1.54. The van der Waals surface area contributed by atoms with Crippen molar-refractivity contribution in [1.82, 2.24) is 20.3 Å². The number of rotatable bonds is 7. The Kier molecular flexibility index (Phi) is 6.75. The second-order valence-corrected chi connectivity index (χ2v) is 7.47. The van der Waals surface area contributed by atoms with Crippen molar-refractivity contribution in [1.29, 1.82) is 0 Å². The fraction of sp³-hybridized carbons (Fsp3) is 0.200. The average Bonchev–Trinajstić information content (AvgIpc) is 2.64. The van der Waals surface area contributed by atoms with Crippen molar-refractivity contribution in [2.45, 2.75) is 13.8 Å². The molecule has 0 aliphatic heterocycles. The van der Waals surface area contributed by atoms with E-state index in [1.165, 1.54) is 0 Å². The van der Waals surface area contributed by atoms with Crippen molar-refractivity contribution in [3.05, 3.63) is 69.2 Å². The molecule has 144 valence electrons. The molecule has 1 amide bonds. The third kappa shape index (κ3) is 5.88. The van der Waals surface area contributed by atoms with Crippen LogP contribution in [-0.4, -0.2) is 33.9 Å². The van der Waals surface area contributed by atoms with Gasteiger partial charge in [0.2, 0.25) is 0 Å². The van der Waals surface area contributed by atoms with Crippen LogP contribution < -0.4 is 16.0 Å². The summed E-state index contributed by atoms with van der Waals surface area (Å²) in [6, 6.07) is 13.2. The summed E-state index contributed by atoms with van der Waals surface area (Å²) >= 11 is 2.19. The maximum Gasteiger partial charge on any atom is 0.251 e. The molecular formula is C20H21IN6O. The highest BCUT2D eigenvalue weighted by Gasteiger charge is 2.06. The number of halogens is 1. The van der Waals surface area contributed by atoms with E-state index in [0.29, 0.717) is 36.1 Å². The van der Waals surface area contributed by atoms with Crippen LogP contribution in [0, 0.1) is 17.4 Å². The number of aryl methyl sites for hydroxylation is 2. The largest absolute Gasteiger partial charge is 0.368 e. The Bertz CT molecular complexity index is 978. The fourth-order valence-corrected chi connectivity index (χ4v) is 3.10. The summed E-state index contributed by atoms with van der Waals surface area (Å²) in [6.45, 7) is 4.87. The lowest BCUT2D eigenvalue weighted by Gasteiger charge is -2.11. The first-order valence-corrected chi connectivity index (χ1v) is 9.90. The van der Waals surface area contributed by atoms with Crippen LogP contribution >= 0.6 is 22.6 Å². The molecule has 8 heteroatoms. The van der Waals surface area contributed by atoms with Crippen molar-refractivity contribution >= 4 is 46.0 Å². The fourth-order valence-electron chi connectivity index (χ4n) is 2.56. The SMILES string of the molecule is Cc1ccnc(Nc2cc(NCCNC(=O)c3cccc(I)c3)nc(C)n2)c1. The third-order valence-electron chi connectivity index (χ3n) is 3.81. The van der Waals surface area contributed by atoms with Crippen LogP contribution in [0.3, 0.4) is 0 Å². The molecule has 3 N–H and O–H groups in total. The number of aromatic nitrogens is 3. The zero-order valence-electron chi connectivity index (χ0n) is 15.7. The average molecular weight is 488 g/mol. The van der Waals surface area contributed by atoms with Gasteiger partial charge in [0.25, 0.3) is 5.91 Å². The van der Waals surface area contributed by atoms with Gasteiger partial charge < -0.3 is 16.0 Å². The standard InChI is InChI=1S/C20H21IN6O/c1-13-6-7-22-17(10-13)27-19-12-18(25-14(2)26-19)23-8-9-24-20(28)15-4-3-5-16(21)11-15/h3-7,10-12H,8-9H2,1-2H3,(H,24,28)(H2,22,23,25,26,27). The Morgan fingerprint density at radius 1 is 1.00 bits per heavy atom. The summed E-state index contributed by atoms with van der Waals surface area (Å²) in [4.78, 5) is 25.2. The van der Waals surface area contributed by atoms with Gasteiger partial charge in [-0.05, 0) is 72.3 Å². The normalized spacial score (nSPS) is 10.4. The first-order valence-electron chi connectivity index (χ1n) is 8.82. The van der Waals surface area contributed by atoms with E-state index in [-0.39, 0.29) is 5.91 Å². The summed E-state index contributed by atoms with van der Waals surface area (Å²) in [5.74, 6) is 2.63. The molecule has 2 aromatic heterocycles. The first-order chi connectivity index (χ1) is 13.5. The predicted molar refractivity (Wildman–Crippen MR) is 119 cm³/mol. The van der Waals surface area contributed by atoms with Crippen LogP contribution in [0.4, 0.5) is 17.5 Å². The summed E-state index contributed by atoms with van der Waals surface area (Å²) in [7, 11) is 0. The maximum absolute atomic E-state index is 12.2. The van der Waals surface area contributed by atoms with Crippen LogP contribution in [0.2, 0.25) is 0 Å². The lowest BCUT2D eigenvalue weighted by Crippen LogP contribution is -2.29. The minimum absolute atomic E-state index is 0.0907. The number of hydrogen-bond acceptors (Lipinski definition) is 6. The van der Waals surface area contributed by atoms with Crippen LogP contribution in [0.15, 0.2) is 48.7 Å². The summed E-state index contributed by atoms with van der Waals surface area (Å²) in [5, 5.41) is 9.30. The number of nitrogens with one attached hydrogen (secondary N) is 3. The lowest BCUT2D eigenvalue weighted by atomic mass is 10.2. The molecule has 7 nitrogen and oxygen atoms in total. The topological polar surface area (TPSA) is 91.8 Å². The molecule has 0 saturated carbocycles. The number of benzene rings is 1. The zero-order chi connectivity index (χ0) is 19.9. The Morgan fingerprint density at radius 3 is 2.61 bits per heavy atom. The summed E-state index contributed by atoms with van der Waals surface area (Å²) in [5.41, 5.74) is 1.77. The second-order valence-electron chi connectivity index (χ2n) is 6.22. The zero-order valence-corrected chi connectivity index (χ0v) is 17.8. The first kappa shape index (κ1) is 20.0. The number of carbonyl (C=O) groups excluding carboxylic acids is 1. The van der Waals surface area contributed by atoms with Crippen LogP contribution in [0.5, 0.6) is 0 Å². The molecule has 28 heavy (non-hydrogen) atoms. The van der Waals surface area contributed by atoms with Crippen molar-refractivity contribution in [3.63, 3.8) is 0 Å². The van der Waals surface area contributed by atoms with E-state index >= 15 is 0 Å². The van der Waals surface area contributed by atoms with Gasteiger partial charge in [-0.15, -0.1) is 0 Å². The number of carbonyl (C=O) groups is 1. The lowest BCUT2D eigenvalue weighted by molar-refractivity contribution is 0.0955. The van der Waals surface area contributed by atoms with Crippen LogP contribution in [-0.2, 0) is 0 Å². The number of hydrogen-bond donors (Lipinski definition) is 3. The molecular weight excluding hydrogens is 467 g/mol. The molecule has 0 bridgehead atoms. The molecule has 0 unspecified atom stereocenters. The number of anilines is 3. The highest BCUT2D eigenvalue weighted by Crippen LogP contribution is 2.16. The van der Waals surface area contributed by atoms with Gasteiger partial charge in [-0.25, -0.2) is 15.0 Å². The molecule has 0 fully saturated rings. The van der Waals surface area contributed by atoms with Crippen molar-refractivity contribution in [2.24, 2.45) is 0 Å². The van der Waals surface area contributed by atoms with Gasteiger partial charge in [-0.1, -0.05) is 6.07 Å². The molecule has 2 heterocycles. The van der Waals surface area contributed by atoms with Gasteiger partial charge in [-0.3, -0.25) is 4.79 Å². The van der Waals surface area contributed by atoms with E-state index in [1.54, 1.807) is 12.3 Å². The number of pyridine rings is 1. The molecule has 1 aromatic carbocycles.